The van der Waals surface area contributed by atoms with Crippen LogP contribution in [-0.4, -0.2) is 48.8 Å². The molecule has 0 saturated carbocycles. The number of ketones is 1. The minimum atomic E-state index is 0.416. The Morgan fingerprint density at radius 1 is 1.24 bits per heavy atom. The van der Waals surface area contributed by atoms with Crippen LogP contribution in [0.1, 0.15) is 26.7 Å². The molecule has 2 rings (SSSR count). The van der Waals surface area contributed by atoms with Gasteiger partial charge in [0, 0.05) is 46.1 Å². The molecule has 1 saturated heterocycles. The second-order valence-electron chi connectivity index (χ2n) is 4.35. The standard InChI is InChI=1S/C12H18N2O.C2H6/c1-13-6-2-11(3-7-13)10-14-8-4-12(15)5-9-14;1-2/h2-3,6H,4-5,7-10H2,1H3;1-2H3. The molecule has 2 aliphatic rings. The molecule has 3 heteroatoms. The normalized spacial score (nSPS) is 20.8. The van der Waals surface area contributed by atoms with Crippen LogP contribution < -0.4 is 0 Å². The molecule has 0 bridgehead atoms. The summed E-state index contributed by atoms with van der Waals surface area (Å²) in [6.45, 7) is 7.86. The molecule has 2 heterocycles. The number of carbonyl (C=O) groups is 1. The summed E-state index contributed by atoms with van der Waals surface area (Å²) >= 11 is 0. The van der Waals surface area contributed by atoms with Gasteiger partial charge < -0.3 is 4.90 Å². The second-order valence-corrected chi connectivity index (χ2v) is 4.35. The molecule has 0 aromatic heterocycles. The van der Waals surface area contributed by atoms with Gasteiger partial charge in [-0.3, -0.25) is 9.69 Å². The zero-order valence-corrected chi connectivity index (χ0v) is 11.3. The zero-order valence-electron chi connectivity index (χ0n) is 11.3. The van der Waals surface area contributed by atoms with Gasteiger partial charge in [-0.2, -0.15) is 0 Å². The van der Waals surface area contributed by atoms with E-state index in [0.717, 1.165) is 39.0 Å². The SMILES string of the molecule is CC.CN1C=CC(CN2CCC(=O)CC2)=CC1. The highest BCUT2D eigenvalue weighted by Gasteiger charge is 2.16. The first-order valence-corrected chi connectivity index (χ1v) is 6.55. The number of nitrogens with zero attached hydrogens (tertiary/aromatic N) is 2. The summed E-state index contributed by atoms with van der Waals surface area (Å²) < 4.78 is 0. The third-order valence-corrected chi connectivity index (χ3v) is 3.00. The molecule has 0 unspecified atom stereocenters. The summed E-state index contributed by atoms with van der Waals surface area (Å²) in [4.78, 5) is 15.6. The van der Waals surface area contributed by atoms with Gasteiger partial charge in [0.05, 0.1) is 0 Å². The molecule has 96 valence electrons. The van der Waals surface area contributed by atoms with E-state index in [-0.39, 0.29) is 0 Å². The van der Waals surface area contributed by atoms with Gasteiger partial charge in [-0.15, -0.1) is 0 Å². The molecular weight excluding hydrogens is 212 g/mol. The van der Waals surface area contributed by atoms with Crippen LogP contribution in [-0.2, 0) is 4.79 Å². The summed E-state index contributed by atoms with van der Waals surface area (Å²) in [5.74, 6) is 0.416. The summed E-state index contributed by atoms with van der Waals surface area (Å²) in [6, 6.07) is 0. The number of likely N-dealkylation sites (N-methyl/N-ethyl adjacent to an activating group) is 1. The second kappa shape index (κ2) is 7.28. The van der Waals surface area contributed by atoms with E-state index in [9.17, 15) is 4.79 Å². The average molecular weight is 236 g/mol. The zero-order chi connectivity index (χ0) is 12.7. The quantitative estimate of drug-likeness (QED) is 0.733. The van der Waals surface area contributed by atoms with Crippen molar-refractivity contribution in [3.8, 4) is 0 Å². The van der Waals surface area contributed by atoms with E-state index in [0.29, 0.717) is 5.78 Å². The molecule has 0 amide bonds. The Kier molecular flexibility index (Phi) is 5.98. The van der Waals surface area contributed by atoms with Crippen LogP contribution in [0, 0.1) is 0 Å². The van der Waals surface area contributed by atoms with Crippen LogP contribution in [0.2, 0.25) is 0 Å². The lowest BCUT2D eigenvalue weighted by Crippen LogP contribution is -2.35. The van der Waals surface area contributed by atoms with Crippen LogP contribution in [0.5, 0.6) is 0 Å². The van der Waals surface area contributed by atoms with Crippen molar-refractivity contribution < 1.29 is 4.79 Å². The van der Waals surface area contributed by atoms with Crippen LogP contribution >= 0.6 is 0 Å². The first-order chi connectivity index (χ1) is 8.24. The monoisotopic (exact) mass is 236 g/mol. The third kappa shape index (κ3) is 4.73. The predicted octanol–water partition coefficient (Wildman–Crippen LogP) is 2.06. The molecule has 1 fully saturated rings. The molecule has 0 N–H and O–H groups in total. The van der Waals surface area contributed by atoms with Crippen molar-refractivity contribution in [2.24, 2.45) is 0 Å². The molecule has 0 atom stereocenters. The topological polar surface area (TPSA) is 23.6 Å². The number of rotatable bonds is 2. The van der Waals surface area contributed by atoms with Crippen molar-refractivity contribution in [3.05, 3.63) is 23.9 Å². The molecule has 2 aliphatic heterocycles. The Bertz CT molecular complexity index is 297. The van der Waals surface area contributed by atoms with Gasteiger partial charge in [-0.05, 0) is 17.8 Å². The fraction of sp³-hybridized carbons (Fsp3) is 0.643. The lowest BCUT2D eigenvalue weighted by Gasteiger charge is -2.27. The van der Waals surface area contributed by atoms with E-state index >= 15 is 0 Å². The largest absolute Gasteiger partial charge is 0.377 e. The maximum atomic E-state index is 11.1. The minimum absolute atomic E-state index is 0.416. The van der Waals surface area contributed by atoms with E-state index in [1.165, 1.54) is 5.57 Å². The fourth-order valence-electron chi connectivity index (χ4n) is 1.95. The average Bonchev–Trinajstić information content (AvgIpc) is 2.37. The van der Waals surface area contributed by atoms with Gasteiger partial charge >= 0.3 is 0 Å². The lowest BCUT2D eigenvalue weighted by molar-refractivity contribution is -0.121. The van der Waals surface area contributed by atoms with Gasteiger partial charge in [0.15, 0.2) is 0 Å². The first-order valence-electron chi connectivity index (χ1n) is 6.55. The number of likely N-dealkylation sites (tertiary alicyclic amines) is 1. The lowest BCUT2D eigenvalue weighted by atomic mass is 10.1. The van der Waals surface area contributed by atoms with Gasteiger partial charge in [-0.1, -0.05) is 19.9 Å². The molecule has 0 aromatic carbocycles. The number of hydrogen-bond donors (Lipinski definition) is 0. The number of piperidine rings is 1. The Morgan fingerprint density at radius 3 is 2.41 bits per heavy atom. The third-order valence-electron chi connectivity index (χ3n) is 3.00. The van der Waals surface area contributed by atoms with E-state index in [1.54, 1.807) is 0 Å². The van der Waals surface area contributed by atoms with E-state index in [1.807, 2.05) is 13.8 Å². The summed E-state index contributed by atoms with van der Waals surface area (Å²) in [6.07, 6.45) is 8.01. The van der Waals surface area contributed by atoms with Crippen molar-refractivity contribution in [2.75, 3.05) is 33.2 Å². The minimum Gasteiger partial charge on any atom is -0.377 e. The maximum Gasteiger partial charge on any atom is 0.135 e. The summed E-state index contributed by atoms with van der Waals surface area (Å²) in [5.41, 5.74) is 1.38. The highest BCUT2D eigenvalue weighted by Crippen LogP contribution is 2.11. The summed E-state index contributed by atoms with van der Waals surface area (Å²) in [5, 5.41) is 0. The molecule has 0 aromatic rings. The van der Waals surface area contributed by atoms with Gasteiger partial charge in [0.2, 0.25) is 0 Å². The highest BCUT2D eigenvalue weighted by molar-refractivity contribution is 5.79. The highest BCUT2D eigenvalue weighted by atomic mass is 16.1. The molecule has 0 spiro atoms. The first kappa shape index (κ1) is 14.0. The maximum absolute atomic E-state index is 11.1. The molecule has 17 heavy (non-hydrogen) atoms. The Morgan fingerprint density at radius 2 is 1.88 bits per heavy atom. The smallest absolute Gasteiger partial charge is 0.135 e. The number of Topliss-reactive ketones (excluding diaryl/α,β-unsaturated/α-hetero) is 1. The van der Waals surface area contributed by atoms with Crippen LogP contribution in [0.3, 0.4) is 0 Å². The van der Waals surface area contributed by atoms with E-state index < -0.39 is 0 Å². The van der Waals surface area contributed by atoms with E-state index in [4.69, 9.17) is 0 Å². The number of hydrogen-bond acceptors (Lipinski definition) is 3. The molecule has 0 aliphatic carbocycles. The molecule has 3 nitrogen and oxygen atoms in total. The van der Waals surface area contributed by atoms with Crippen LogP contribution in [0.4, 0.5) is 0 Å². The predicted molar refractivity (Wildman–Crippen MR) is 71.9 cm³/mol. The van der Waals surface area contributed by atoms with Crippen molar-refractivity contribution >= 4 is 5.78 Å². The summed E-state index contributed by atoms with van der Waals surface area (Å²) in [7, 11) is 2.07. The molecular formula is C14H24N2O. The fourth-order valence-corrected chi connectivity index (χ4v) is 1.95. The van der Waals surface area contributed by atoms with Crippen molar-refractivity contribution in [2.45, 2.75) is 26.7 Å². The van der Waals surface area contributed by atoms with Crippen LogP contribution in [0.15, 0.2) is 23.9 Å². The Labute approximate surface area is 105 Å². The van der Waals surface area contributed by atoms with Crippen molar-refractivity contribution in [3.63, 3.8) is 0 Å². The van der Waals surface area contributed by atoms with Gasteiger partial charge in [0.1, 0.15) is 5.78 Å². The van der Waals surface area contributed by atoms with Crippen molar-refractivity contribution in [1.82, 2.24) is 9.80 Å². The van der Waals surface area contributed by atoms with E-state index in [2.05, 4.69) is 35.2 Å². The Balaban J connectivity index is 0.000000686. The number of carbonyl (C=O) groups excluding carboxylic acids is 1. The van der Waals surface area contributed by atoms with Gasteiger partial charge in [0.25, 0.3) is 0 Å². The van der Waals surface area contributed by atoms with Crippen LogP contribution in [0.25, 0.3) is 0 Å². The van der Waals surface area contributed by atoms with Crippen molar-refractivity contribution in [1.29, 1.82) is 0 Å². The molecule has 0 radical (unpaired) electrons. The van der Waals surface area contributed by atoms with Gasteiger partial charge in [-0.25, -0.2) is 0 Å². The Hall–Kier alpha value is -1.09.